The first-order chi connectivity index (χ1) is 16.4. The molecule has 1 aliphatic heterocycles. The first kappa shape index (κ1) is 23.1. The lowest BCUT2D eigenvalue weighted by Crippen LogP contribution is -2.40. The minimum atomic E-state index is -0.702. The van der Waals surface area contributed by atoms with E-state index in [0.29, 0.717) is 32.6 Å². The second kappa shape index (κ2) is 9.44. The predicted molar refractivity (Wildman–Crippen MR) is 126 cm³/mol. The van der Waals surface area contributed by atoms with Crippen molar-refractivity contribution in [2.45, 2.75) is 19.4 Å². The van der Waals surface area contributed by atoms with Crippen LogP contribution in [0.1, 0.15) is 30.5 Å². The van der Waals surface area contributed by atoms with E-state index in [1.807, 2.05) is 37.3 Å². The molecule has 0 amide bonds. The molecule has 9 nitrogen and oxygen atoms in total. The summed E-state index contributed by atoms with van der Waals surface area (Å²) in [6.07, 6.45) is 2.05. The van der Waals surface area contributed by atoms with Crippen LogP contribution < -0.4 is 19.6 Å². The van der Waals surface area contributed by atoms with Gasteiger partial charge in [-0.25, -0.2) is 9.79 Å². The van der Waals surface area contributed by atoms with Gasteiger partial charge in [-0.1, -0.05) is 54.7 Å². The molecule has 3 aromatic rings. The fourth-order valence-corrected chi connectivity index (χ4v) is 4.93. The van der Waals surface area contributed by atoms with E-state index in [-0.39, 0.29) is 17.0 Å². The zero-order valence-electron chi connectivity index (χ0n) is 18.7. The van der Waals surface area contributed by atoms with Crippen LogP contribution in [0.25, 0.3) is 6.08 Å². The summed E-state index contributed by atoms with van der Waals surface area (Å²) in [7, 11) is 2.65. The van der Waals surface area contributed by atoms with Gasteiger partial charge in [-0.2, -0.15) is 0 Å². The zero-order valence-corrected chi connectivity index (χ0v) is 19.5. The summed E-state index contributed by atoms with van der Waals surface area (Å²) in [6, 6.07) is 13.0. The van der Waals surface area contributed by atoms with E-state index in [4.69, 9.17) is 9.47 Å². The van der Waals surface area contributed by atoms with Crippen LogP contribution >= 0.6 is 11.3 Å². The third-order valence-corrected chi connectivity index (χ3v) is 6.45. The van der Waals surface area contributed by atoms with E-state index < -0.39 is 16.9 Å². The van der Waals surface area contributed by atoms with Crippen molar-refractivity contribution in [1.82, 2.24) is 4.57 Å². The van der Waals surface area contributed by atoms with Gasteiger partial charge in [0.1, 0.15) is 0 Å². The van der Waals surface area contributed by atoms with Crippen molar-refractivity contribution >= 4 is 29.1 Å². The quantitative estimate of drug-likeness (QED) is 0.305. The molecule has 0 bridgehead atoms. The van der Waals surface area contributed by atoms with Gasteiger partial charge in [0.15, 0.2) is 10.6 Å². The number of hydrogen-bond acceptors (Lipinski definition) is 8. The van der Waals surface area contributed by atoms with Gasteiger partial charge in [-0.3, -0.25) is 19.5 Å². The molecule has 0 saturated heterocycles. The summed E-state index contributed by atoms with van der Waals surface area (Å²) < 4.78 is 11.9. The molecule has 0 unspecified atom stereocenters. The van der Waals surface area contributed by atoms with Crippen LogP contribution in [0.4, 0.5) is 5.69 Å². The molecule has 34 heavy (non-hydrogen) atoms. The number of benzene rings is 2. The van der Waals surface area contributed by atoms with Crippen molar-refractivity contribution in [3.8, 4) is 5.75 Å². The van der Waals surface area contributed by atoms with E-state index in [1.54, 1.807) is 12.1 Å². The molecule has 4 rings (SSSR count). The van der Waals surface area contributed by atoms with E-state index in [1.165, 1.54) is 30.9 Å². The highest BCUT2D eigenvalue weighted by atomic mass is 32.1. The van der Waals surface area contributed by atoms with Crippen LogP contribution in [-0.2, 0) is 9.53 Å². The van der Waals surface area contributed by atoms with Crippen molar-refractivity contribution in [3.63, 3.8) is 0 Å². The van der Waals surface area contributed by atoms with Crippen LogP contribution in [0.2, 0.25) is 0 Å². The third-order valence-electron chi connectivity index (χ3n) is 5.46. The topological polar surface area (TPSA) is 113 Å². The van der Waals surface area contributed by atoms with Gasteiger partial charge in [-0.15, -0.1) is 0 Å². The van der Waals surface area contributed by atoms with Crippen molar-refractivity contribution in [1.29, 1.82) is 0 Å². The monoisotopic (exact) mass is 479 g/mol. The summed E-state index contributed by atoms with van der Waals surface area (Å²) in [5.74, 6) is -0.419. The number of nitro groups is 1. The lowest BCUT2D eigenvalue weighted by molar-refractivity contribution is -0.385. The summed E-state index contributed by atoms with van der Waals surface area (Å²) >= 11 is 1.16. The molecule has 10 heteroatoms. The summed E-state index contributed by atoms with van der Waals surface area (Å²) in [5, 5.41) is 11.4. The molecule has 1 aromatic heterocycles. The highest BCUT2D eigenvalue weighted by molar-refractivity contribution is 7.07. The molecule has 1 aliphatic rings. The summed E-state index contributed by atoms with van der Waals surface area (Å²) in [4.78, 5) is 42.2. The van der Waals surface area contributed by atoms with E-state index >= 15 is 0 Å². The number of esters is 1. The standard InChI is InChI=1S/C24H21N3O6S/c1-4-16-20(23(29)33-3)21(15-8-6-5-7-9-15)26-22(28)19(34-24(26)25-16)13-14-10-11-18(32-2)17(12-14)27(30)31/h5-13,21H,4H2,1-3H3/b19-13-/t21-/m0/s1. The summed E-state index contributed by atoms with van der Waals surface area (Å²) in [6.45, 7) is 1.88. The van der Waals surface area contributed by atoms with Gasteiger partial charge in [0.05, 0.1) is 41.0 Å². The van der Waals surface area contributed by atoms with Crippen LogP contribution in [0.15, 0.2) is 69.6 Å². The molecule has 0 spiro atoms. The molecule has 0 aliphatic carbocycles. The Labute approximate surface area is 198 Å². The summed E-state index contributed by atoms with van der Waals surface area (Å²) in [5.41, 5.74) is 1.53. The highest BCUT2D eigenvalue weighted by Crippen LogP contribution is 2.32. The Hall–Kier alpha value is -4.05. The fraction of sp³-hybridized carbons (Fsp3) is 0.208. The van der Waals surface area contributed by atoms with Gasteiger partial charge < -0.3 is 9.47 Å². The van der Waals surface area contributed by atoms with Gasteiger partial charge in [0.25, 0.3) is 5.56 Å². The van der Waals surface area contributed by atoms with Crippen LogP contribution in [0.3, 0.4) is 0 Å². The second-order valence-electron chi connectivity index (χ2n) is 7.39. The number of allylic oxidation sites excluding steroid dienone is 1. The lowest BCUT2D eigenvalue weighted by atomic mass is 9.95. The Morgan fingerprint density at radius 2 is 1.97 bits per heavy atom. The maximum Gasteiger partial charge on any atom is 0.338 e. The number of nitrogens with zero attached hydrogens (tertiary/aromatic N) is 3. The van der Waals surface area contributed by atoms with Crippen molar-refractivity contribution in [2.24, 2.45) is 4.99 Å². The Bertz CT molecular complexity index is 1490. The fourth-order valence-electron chi connectivity index (χ4n) is 3.91. The molecule has 0 saturated carbocycles. The number of rotatable bonds is 6. The molecule has 0 fully saturated rings. The minimum absolute atomic E-state index is 0.128. The maximum atomic E-state index is 13.5. The van der Waals surface area contributed by atoms with Gasteiger partial charge in [-0.05, 0) is 29.7 Å². The van der Waals surface area contributed by atoms with E-state index in [9.17, 15) is 19.7 Å². The molecular weight excluding hydrogens is 458 g/mol. The lowest BCUT2D eigenvalue weighted by Gasteiger charge is -2.25. The average Bonchev–Trinajstić information content (AvgIpc) is 3.17. The maximum absolute atomic E-state index is 13.5. The molecule has 0 N–H and O–H groups in total. The number of carbonyl (C=O) groups is 1. The SMILES string of the molecule is CCC1=C(C(=O)OC)[C@H](c2ccccc2)n2c(s/c(=C\c3ccc(OC)c([N+](=O)[O-])c3)c2=O)=N1. The number of hydrogen-bond donors (Lipinski definition) is 0. The van der Waals surface area contributed by atoms with E-state index in [0.717, 1.165) is 16.9 Å². The number of thiazole rings is 1. The Kier molecular flexibility index (Phi) is 6.42. The normalized spacial score (nSPS) is 15.5. The number of fused-ring (bicyclic) bond motifs is 1. The van der Waals surface area contributed by atoms with Crippen molar-refractivity contribution in [3.05, 3.63) is 101 Å². The number of methoxy groups -OCH3 is 2. The minimum Gasteiger partial charge on any atom is -0.490 e. The predicted octanol–water partition coefficient (Wildman–Crippen LogP) is 2.72. The first-order valence-electron chi connectivity index (χ1n) is 10.4. The highest BCUT2D eigenvalue weighted by Gasteiger charge is 2.33. The molecule has 1 atom stereocenters. The van der Waals surface area contributed by atoms with Crippen LogP contribution in [0.5, 0.6) is 5.75 Å². The molecule has 2 aromatic carbocycles. The Balaban J connectivity index is 1.96. The molecule has 2 heterocycles. The van der Waals surface area contributed by atoms with Crippen LogP contribution in [-0.4, -0.2) is 29.7 Å². The largest absolute Gasteiger partial charge is 0.490 e. The molecule has 0 radical (unpaired) electrons. The number of ether oxygens (including phenoxy) is 2. The van der Waals surface area contributed by atoms with Crippen molar-refractivity contribution < 1.29 is 19.2 Å². The Morgan fingerprint density at radius 1 is 1.24 bits per heavy atom. The zero-order chi connectivity index (χ0) is 24.4. The Morgan fingerprint density at radius 3 is 2.59 bits per heavy atom. The number of nitro benzene ring substituents is 1. The third kappa shape index (κ3) is 4.03. The van der Waals surface area contributed by atoms with Crippen LogP contribution in [0, 0.1) is 10.1 Å². The average molecular weight is 480 g/mol. The van der Waals surface area contributed by atoms with Gasteiger partial charge in [0, 0.05) is 6.07 Å². The second-order valence-corrected chi connectivity index (χ2v) is 8.40. The number of carbonyl (C=O) groups excluding carboxylic acids is 1. The number of aromatic nitrogens is 1. The molecule has 174 valence electrons. The van der Waals surface area contributed by atoms with E-state index in [2.05, 4.69) is 4.99 Å². The van der Waals surface area contributed by atoms with Gasteiger partial charge in [0.2, 0.25) is 0 Å². The van der Waals surface area contributed by atoms with Crippen molar-refractivity contribution in [2.75, 3.05) is 14.2 Å². The smallest absolute Gasteiger partial charge is 0.338 e. The first-order valence-corrected chi connectivity index (χ1v) is 11.2. The molecular formula is C24H21N3O6S. The van der Waals surface area contributed by atoms with Gasteiger partial charge >= 0.3 is 11.7 Å².